The molecular weight excluding hydrogens is 244 g/mol. The van der Waals surface area contributed by atoms with E-state index in [1.807, 2.05) is 7.05 Å². The van der Waals surface area contributed by atoms with Gasteiger partial charge in [0.2, 0.25) is 0 Å². The van der Waals surface area contributed by atoms with Crippen LogP contribution in [-0.4, -0.2) is 13.6 Å². The topological polar surface area (TPSA) is 24.1 Å². The summed E-state index contributed by atoms with van der Waals surface area (Å²) >= 11 is 0. The molecule has 0 spiro atoms. The van der Waals surface area contributed by atoms with Crippen LogP contribution in [0.4, 0.5) is 5.69 Å². The van der Waals surface area contributed by atoms with Crippen molar-refractivity contribution in [1.29, 1.82) is 0 Å². The van der Waals surface area contributed by atoms with Gasteiger partial charge in [0.25, 0.3) is 0 Å². The number of rotatable bonds is 6. The SMILES string of the molecule is CNc1cccc(CNCCc2cc(C)ccc2C)c1. The molecule has 0 heterocycles. The summed E-state index contributed by atoms with van der Waals surface area (Å²) in [6, 6.07) is 15.2. The van der Waals surface area contributed by atoms with Crippen LogP contribution in [0.3, 0.4) is 0 Å². The Bertz CT molecular complexity index is 561. The quantitative estimate of drug-likeness (QED) is 0.781. The highest BCUT2D eigenvalue weighted by Gasteiger charge is 1.99. The first-order valence-electron chi connectivity index (χ1n) is 7.22. The van der Waals surface area contributed by atoms with E-state index in [0.717, 1.165) is 19.5 Å². The molecule has 0 aliphatic rings. The molecule has 2 heteroatoms. The van der Waals surface area contributed by atoms with E-state index in [1.54, 1.807) is 0 Å². The van der Waals surface area contributed by atoms with Gasteiger partial charge in [-0.25, -0.2) is 0 Å². The molecule has 0 aromatic heterocycles. The number of aryl methyl sites for hydroxylation is 2. The Morgan fingerprint density at radius 2 is 1.85 bits per heavy atom. The van der Waals surface area contributed by atoms with Gasteiger partial charge in [-0.3, -0.25) is 0 Å². The molecule has 2 aromatic rings. The monoisotopic (exact) mass is 268 g/mol. The van der Waals surface area contributed by atoms with Gasteiger partial charge in [0, 0.05) is 19.3 Å². The van der Waals surface area contributed by atoms with Crippen molar-refractivity contribution in [1.82, 2.24) is 5.32 Å². The summed E-state index contributed by atoms with van der Waals surface area (Å²) < 4.78 is 0. The van der Waals surface area contributed by atoms with E-state index in [9.17, 15) is 0 Å². The zero-order valence-electron chi connectivity index (χ0n) is 12.7. The Balaban J connectivity index is 1.82. The lowest BCUT2D eigenvalue weighted by Crippen LogP contribution is -2.17. The number of hydrogen-bond acceptors (Lipinski definition) is 2. The average Bonchev–Trinajstić information content (AvgIpc) is 2.47. The Morgan fingerprint density at radius 3 is 2.65 bits per heavy atom. The van der Waals surface area contributed by atoms with Crippen LogP contribution in [0.5, 0.6) is 0 Å². The predicted octanol–water partition coefficient (Wildman–Crippen LogP) is 3.68. The van der Waals surface area contributed by atoms with E-state index in [4.69, 9.17) is 0 Å². The molecule has 0 saturated heterocycles. The van der Waals surface area contributed by atoms with Crippen LogP contribution in [0, 0.1) is 13.8 Å². The third-order valence-corrected chi connectivity index (χ3v) is 3.62. The van der Waals surface area contributed by atoms with E-state index in [-0.39, 0.29) is 0 Å². The second kappa shape index (κ2) is 7.11. The minimum Gasteiger partial charge on any atom is -0.388 e. The molecule has 0 fully saturated rings. The van der Waals surface area contributed by atoms with Gasteiger partial charge in [0.05, 0.1) is 0 Å². The van der Waals surface area contributed by atoms with Gasteiger partial charge in [-0.2, -0.15) is 0 Å². The number of anilines is 1. The van der Waals surface area contributed by atoms with Crippen molar-refractivity contribution in [2.45, 2.75) is 26.8 Å². The Labute approximate surface area is 122 Å². The zero-order chi connectivity index (χ0) is 14.4. The van der Waals surface area contributed by atoms with Gasteiger partial charge in [0.1, 0.15) is 0 Å². The second-order valence-corrected chi connectivity index (χ2v) is 5.31. The summed E-state index contributed by atoms with van der Waals surface area (Å²) in [7, 11) is 1.95. The second-order valence-electron chi connectivity index (χ2n) is 5.31. The van der Waals surface area contributed by atoms with Crippen LogP contribution in [0.1, 0.15) is 22.3 Å². The van der Waals surface area contributed by atoms with Crippen LogP contribution in [0.2, 0.25) is 0 Å². The molecule has 2 rings (SSSR count). The van der Waals surface area contributed by atoms with Crippen molar-refractivity contribution in [3.8, 4) is 0 Å². The normalized spacial score (nSPS) is 10.6. The van der Waals surface area contributed by atoms with Crippen molar-refractivity contribution < 1.29 is 0 Å². The Hall–Kier alpha value is -1.80. The van der Waals surface area contributed by atoms with Crippen molar-refractivity contribution in [2.24, 2.45) is 0 Å². The summed E-state index contributed by atoms with van der Waals surface area (Å²) in [6.45, 7) is 6.26. The maximum Gasteiger partial charge on any atom is 0.0340 e. The molecule has 0 aliphatic carbocycles. The standard InChI is InChI=1S/C18H24N2/c1-14-7-8-15(2)17(11-14)9-10-20-13-16-5-4-6-18(12-16)19-3/h4-8,11-12,19-20H,9-10,13H2,1-3H3. The van der Waals surface area contributed by atoms with E-state index < -0.39 is 0 Å². The third kappa shape index (κ3) is 4.10. The first-order valence-corrected chi connectivity index (χ1v) is 7.22. The van der Waals surface area contributed by atoms with Crippen molar-refractivity contribution in [2.75, 3.05) is 18.9 Å². The van der Waals surface area contributed by atoms with E-state index in [1.165, 1.54) is 27.9 Å². The van der Waals surface area contributed by atoms with Crippen LogP contribution in [0.25, 0.3) is 0 Å². The summed E-state index contributed by atoms with van der Waals surface area (Å²) in [4.78, 5) is 0. The highest BCUT2D eigenvalue weighted by molar-refractivity contribution is 5.44. The Kier molecular flexibility index (Phi) is 5.19. The first-order chi connectivity index (χ1) is 9.69. The Morgan fingerprint density at radius 1 is 1.00 bits per heavy atom. The van der Waals surface area contributed by atoms with Gasteiger partial charge >= 0.3 is 0 Å². The summed E-state index contributed by atoms with van der Waals surface area (Å²) in [6.07, 6.45) is 1.08. The molecule has 2 N–H and O–H groups in total. The fourth-order valence-electron chi connectivity index (χ4n) is 2.36. The molecule has 2 nitrogen and oxygen atoms in total. The maximum absolute atomic E-state index is 3.52. The summed E-state index contributed by atoms with van der Waals surface area (Å²) in [5, 5.41) is 6.69. The zero-order valence-corrected chi connectivity index (χ0v) is 12.7. The van der Waals surface area contributed by atoms with E-state index in [2.05, 4.69) is 66.9 Å². The smallest absolute Gasteiger partial charge is 0.0340 e. The van der Waals surface area contributed by atoms with Crippen LogP contribution in [-0.2, 0) is 13.0 Å². The predicted molar refractivity (Wildman–Crippen MR) is 87.3 cm³/mol. The molecule has 0 aliphatic heterocycles. The van der Waals surface area contributed by atoms with Gasteiger partial charge in [-0.05, 0) is 55.6 Å². The lowest BCUT2D eigenvalue weighted by molar-refractivity contribution is 0.685. The lowest BCUT2D eigenvalue weighted by atomic mass is 10.0. The highest BCUT2D eigenvalue weighted by atomic mass is 14.8. The fourth-order valence-corrected chi connectivity index (χ4v) is 2.36. The van der Waals surface area contributed by atoms with Gasteiger partial charge in [0.15, 0.2) is 0 Å². The highest BCUT2D eigenvalue weighted by Crippen LogP contribution is 2.11. The summed E-state index contributed by atoms with van der Waals surface area (Å²) in [5.74, 6) is 0. The number of hydrogen-bond donors (Lipinski definition) is 2. The number of benzene rings is 2. The molecule has 0 radical (unpaired) electrons. The van der Waals surface area contributed by atoms with E-state index in [0.29, 0.717) is 0 Å². The van der Waals surface area contributed by atoms with Crippen molar-refractivity contribution in [3.63, 3.8) is 0 Å². The lowest BCUT2D eigenvalue weighted by Gasteiger charge is -2.09. The largest absolute Gasteiger partial charge is 0.388 e. The fraction of sp³-hybridized carbons (Fsp3) is 0.333. The molecule has 0 bridgehead atoms. The molecular formula is C18H24N2. The molecule has 0 atom stereocenters. The molecule has 106 valence electrons. The minimum absolute atomic E-state index is 0.917. The van der Waals surface area contributed by atoms with Gasteiger partial charge in [-0.1, -0.05) is 35.9 Å². The first kappa shape index (κ1) is 14.6. The molecule has 20 heavy (non-hydrogen) atoms. The average molecular weight is 268 g/mol. The van der Waals surface area contributed by atoms with Crippen molar-refractivity contribution >= 4 is 5.69 Å². The summed E-state index contributed by atoms with van der Waals surface area (Å²) in [5.41, 5.74) is 6.65. The van der Waals surface area contributed by atoms with Gasteiger partial charge in [-0.15, -0.1) is 0 Å². The van der Waals surface area contributed by atoms with Crippen LogP contribution >= 0.6 is 0 Å². The molecule has 2 aromatic carbocycles. The van der Waals surface area contributed by atoms with Crippen molar-refractivity contribution in [3.05, 3.63) is 64.7 Å². The molecule has 0 amide bonds. The van der Waals surface area contributed by atoms with Gasteiger partial charge < -0.3 is 10.6 Å². The minimum atomic E-state index is 0.917. The number of nitrogens with one attached hydrogen (secondary N) is 2. The maximum atomic E-state index is 3.52. The third-order valence-electron chi connectivity index (χ3n) is 3.62. The van der Waals surface area contributed by atoms with Crippen LogP contribution < -0.4 is 10.6 Å². The molecule has 0 saturated carbocycles. The van der Waals surface area contributed by atoms with E-state index >= 15 is 0 Å². The molecule has 0 unspecified atom stereocenters. The van der Waals surface area contributed by atoms with Crippen LogP contribution in [0.15, 0.2) is 42.5 Å².